The molecule has 0 amide bonds. The van der Waals surface area contributed by atoms with Crippen LogP contribution in [0.3, 0.4) is 0 Å². The maximum atomic E-state index is 13.1. The van der Waals surface area contributed by atoms with Gasteiger partial charge in [-0.1, -0.05) is 419 Å². The number of phosphoric acid groups is 2. The van der Waals surface area contributed by atoms with Crippen molar-refractivity contribution in [2.75, 3.05) is 39.6 Å². The zero-order valence-corrected chi connectivity index (χ0v) is 70.5. The van der Waals surface area contributed by atoms with Gasteiger partial charge in [0.15, 0.2) is 12.2 Å². The molecule has 0 fully saturated rings. The van der Waals surface area contributed by atoms with Crippen LogP contribution in [0.2, 0.25) is 0 Å². The topological polar surface area (TPSA) is 237 Å². The summed E-state index contributed by atoms with van der Waals surface area (Å²) in [6, 6.07) is 0. The summed E-state index contributed by atoms with van der Waals surface area (Å²) in [6.45, 7) is 5.07. The van der Waals surface area contributed by atoms with Gasteiger partial charge in [-0.05, 0) is 25.7 Å². The zero-order valence-electron chi connectivity index (χ0n) is 68.7. The lowest BCUT2D eigenvalue weighted by atomic mass is 10.0. The number of aliphatic hydroxyl groups is 1. The highest BCUT2D eigenvalue weighted by Gasteiger charge is 2.30. The number of carbonyl (C=O) groups excluding carboxylic acids is 4. The maximum absolute atomic E-state index is 13.1. The van der Waals surface area contributed by atoms with Crippen molar-refractivity contribution in [3.63, 3.8) is 0 Å². The van der Waals surface area contributed by atoms with Crippen LogP contribution in [0.15, 0.2) is 0 Å². The van der Waals surface area contributed by atoms with E-state index in [0.29, 0.717) is 25.7 Å². The third-order valence-corrected chi connectivity index (χ3v) is 22.3. The van der Waals surface area contributed by atoms with Gasteiger partial charge in [0.1, 0.15) is 19.3 Å². The Labute approximate surface area is 645 Å². The summed E-state index contributed by atoms with van der Waals surface area (Å²) in [6.07, 6.45) is 74.9. The Morgan fingerprint density at radius 1 is 0.229 bits per heavy atom. The summed E-state index contributed by atoms with van der Waals surface area (Å²) in [7, 11) is -9.93. The molecule has 0 aromatic rings. The number of hydrogen-bond acceptors (Lipinski definition) is 15. The van der Waals surface area contributed by atoms with Crippen LogP contribution in [0, 0.1) is 0 Å². The first-order valence-corrected chi connectivity index (χ1v) is 47.8. The fourth-order valence-corrected chi connectivity index (χ4v) is 15.1. The van der Waals surface area contributed by atoms with E-state index in [9.17, 15) is 43.2 Å². The van der Waals surface area contributed by atoms with Crippen molar-refractivity contribution in [2.24, 2.45) is 0 Å². The normalized spacial score (nSPS) is 13.7. The van der Waals surface area contributed by atoms with Gasteiger partial charge < -0.3 is 33.8 Å². The summed E-state index contributed by atoms with van der Waals surface area (Å²) in [5.74, 6) is -2.09. The molecule has 0 saturated heterocycles. The van der Waals surface area contributed by atoms with Gasteiger partial charge in [-0.2, -0.15) is 0 Å². The fraction of sp³-hybridized carbons (Fsp3) is 0.953. The highest BCUT2D eigenvalue weighted by atomic mass is 31.2. The molecular weight excluding hydrogens is 1370 g/mol. The number of esters is 4. The van der Waals surface area contributed by atoms with Crippen molar-refractivity contribution in [3.05, 3.63) is 0 Å². The molecule has 0 rings (SSSR count). The summed E-state index contributed by atoms with van der Waals surface area (Å²) in [5.41, 5.74) is 0. The van der Waals surface area contributed by atoms with E-state index in [4.69, 9.17) is 37.0 Å². The first-order valence-electron chi connectivity index (χ1n) is 44.8. The van der Waals surface area contributed by atoms with E-state index in [1.807, 2.05) is 0 Å². The van der Waals surface area contributed by atoms with Gasteiger partial charge in [-0.15, -0.1) is 0 Å². The number of carbonyl (C=O) groups is 4. The molecule has 0 aliphatic heterocycles. The molecule has 0 spiro atoms. The van der Waals surface area contributed by atoms with Gasteiger partial charge in [-0.3, -0.25) is 37.3 Å². The standard InChI is InChI=1S/C86H168O17P2/c1-5-9-13-17-21-25-29-33-36-39-41-43-46-49-53-57-61-65-69-73-86(91)103-82(77-97-84(89)71-67-63-59-55-51-47-45-42-40-37-34-30-26-22-18-14-10-6-2)79-101-105(94,95)99-75-80(87)74-98-104(92,93)100-78-81(76-96-83(88)70-66-62-58-54-50-32-28-24-20-16-12-8-4)102-85(90)72-68-64-60-56-52-48-44-38-35-31-27-23-19-15-11-7-3/h80-82,87H,5-79H2,1-4H3,(H,92,93)(H,94,95)/t80-,81+,82+/m0/s1. The van der Waals surface area contributed by atoms with E-state index in [-0.39, 0.29) is 25.7 Å². The second kappa shape index (κ2) is 80.1. The first kappa shape index (κ1) is 103. The van der Waals surface area contributed by atoms with Gasteiger partial charge in [0.2, 0.25) is 0 Å². The van der Waals surface area contributed by atoms with Crippen LogP contribution in [0.25, 0.3) is 0 Å². The van der Waals surface area contributed by atoms with E-state index in [2.05, 4.69) is 27.7 Å². The summed E-state index contributed by atoms with van der Waals surface area (Å²) in [4.78, 5) is 73.3. The number of ether oxygens (including phenoxy) is 4. The number of rotatable bonds is 87. The number of hydrogen-bond donors (Lipinski definition) is 3. The first-order chi connectivity index (χ1) is 51.2. The molecule has 0 radical (unpaired) electrons. The number of unbranched alkanes of at least 4 members (excludes halogenated alkanes) is 61. The van der Waals surface area contributed by atoms with Crippen molar-refractivity contribution in [2.45, 2.75) is 489 Å². The number of aliphatic hydroxyl groups excluding tert-OH is 1. The predicted molar refractivity (Wildman–Crippen MR) is 432 cm³/mol. The minimum absolute atomic E-state index is 0.109. The molecule has 105 heavy (non-hydrogen) atoms. The van der Waals surface area contributed by atoms with Crippen LogP contribution in [0.4, 0.5) is 0 Å². The molecule has 0 bridgehead atoms. The lowest BCUT2D eigenvalue weighted by Crippen LogP contribution is -2.30. The van der Waals surface area contributed by atoms with E-state index in [1.165, 1.54) is 302 Å². The molecule has 0 aromatic heterocycles. The average Bonchev–Trinajstić information content (AvgIpc) is 0.908. The largest absolute Gasteiger partial charge is 0.472 e. The second-order valence-electron chi connectivity index (χ2n) is 30.9. The highest BCUT2D eigenvalue weighted by Crippen LogP contribution is 2.45. The van der Waals surface area contributed by atoms with Crippen LogP contribution in [0.1, 0.15) is 471 Å². The Morgan fingerprint density at radius 2 is 0.381 bits per heavy atom. The lowest BCUT2D eigenvalue weighted by molar-refractivity contribution is -0.161. The molecule has 0 saturated carbocycles. The predicted octanol–water partition coefficient (Wildman–Crippen LogP) is 26.5. The van der Waals surface area contributed by atoms with Crippen molar-refractivity contribution >= 4 is 39.5 Å². The molecule has 0 aliphatic carbocycles. The monoisotopic (exact) mass is 1540 g/mol. The Hall–Kier alpha value is -1.94. The molecule has 624 valence electrons. The van der Waals surface area contributed by atoms with Crippen molar-refractivity contribution in [1.29, 1.82) is 0 Å². The zero-order chi connectivity index (χ0) is 76.7. The van der Waals surface area contributed by atoms with E-state index in [0.717, 1.165) is 89.9 Å². The minimum atomic E-state index is -4.96. The van der Waals surface area contributed by atoms with E-state index in [1.54, 1.807) is 0 Å². The molecule has 2 unspecified atom stereocenters. The van der Waals surface area contributed by atoms with Gasteiger partial charge in [0.25, 0.3) is 0 Å². The van der Waals surface area contributed by atoms with Crippen molar-refractivity contribution < 1.29 is 80.2 Å². The van der Waals surface area contributed by atoms with Crippen LogP contribution in [-0.4, -0.2) is 96.7 Å². The van der Waals surface area contributed by atoms with Crippen LogP contribution >= 0.6 is 15.6 Å². The second-order valence-corrected chi connectivity index (χ2v) is 33.8. The Kier molecular flexibility index (Phi) is 78.6. The minimum Gasteiger partial charge on any atom is -0.462 e. The quantitative estimate of drug-likeness (QED) is 0.0222. The fourth-order valence-electron chi connectivity index (χ4n) is 13.5. The van der Waals surface area contributed by atoms with Crippen LogP contribution in [-0.2, 0) is 65.4 Å². The van der Waals surface area contributed by atoms with Gasteiger partial charge in [0, 0.05) is 25.7 Å². The van der Waals surface area contributed by atoms with Gasteiger partial charge in [0.05, 0.1) is 26.4 Å². The SMILES string of the molecule is CCCCCCCCCCCCCCCCCCCCCC(=O)O[C@H](COC(=O)CCCCCCCCCCCCCCCCCCCC)COP(=O)(O)OC[C@@H](O)COP(=O)(O)OC[C@@H](COC(=O)CCCCCCCCCCCCCC)OC(=O)CCCCCCCCCCCCCCCCCC. The molecule has 19 heteroatoms. The van der Waals surface area contributed by atoms with Crippen molar-refractivity contribution in [1.82, 2.24) is 0 Å². The molecule has 5 atom stereocenters. The highest BCUT2D eigenvalue weighted by molar-refractivity contribution is 7.47. The van der Waals surface area contributed by atoms with Gasteiger partial charge >= 0.3 is 39.5 Å². The van der Waals surface area contributed by atoms with E-state index < -0.39 is 97.5 Å². The summed E-state index contributed by atoms with van der Waals surface area (Å²) in [5, 5.41) is 10.7. The van der Waals surface area contributed by atoms with Gasteiger partial charge in [-0.25, -0.2) is 9.13 Å². The smallest absolute Gasteiger partial charge is 0.462 e. The molecule has 17 nitrogen and oxygen atoms in total. The summed E-state index contributed by atoms with van der Waals surface area (Å²) < 4.78 is 68.9. The van der Waals surface area contributed by atoms with E-state index >= 15 is 0 Å². The lowest BCUT2D eigenvalue weighted by Gasteiger charge is -2.21. The number of phosphoric ester groups is 2. The molecule has 0 aliphatic rings. The third-order valence-electron chi connectivity index (χ3n) is 20.4. The molecule has 3 N–H and O–H groups in total. The maximum Gasteiger partial charge on any atom is 0.472 e. The average molecular weight is 1540 g/mol. The Morgan fingerprint density at radius 3 is 0.562 bits per heavy atom. The van der Waals surface area contributed by atoms with Crippen molar-refractivity contribution in [3.8, 4) is 0 Å². The van der Waals surface area contributed by atoms with Crippen LogP contribution < -0.4 is 0 Å². The molecule has 0 heterocycles. The van der Waals surface area contributed by atoms with Crippen LogP contribution in [0.5, 0.6) is 0 Å². The third kappa shape index (κ3) is 79.9. The molecule has 0 aromatic carbocycles. The Balaban J connectivity index is 5.25. The molecular formula is C86H168O17P2. The Bertz CT molecular complexity index is 1980. The summed E-state index contributed by atoms with van der Waals surface area (Å²) >= 11 is 0.